The predicted octanol–water partition coefficient (Wildman–Crippen LogP) is 3.30. The van der Waals surface area contributed by atoms with Gasteiger partial charge in [0.05, 0.1) is 11.6 Å². The van der Waals surface area contributed by atoms with Crippen molar-refractivity contribution in [1.82, 2.24) is 4.98 Å². The lowest BCUT2D eigenvalue weighted by molar-refractivity contribution is -0.117. The van der Waals surface area contributed by atoms with Gasteiger partial charge in [0, 0.05) is 43.0 Å². The van der Waals surface area contributed by atoms with Crippen molar-refractivity contribution >= 4 is 11.6 Å². The zero-order chi connectivity index (χ0) is 16.4. The smallest absolute Gasteiger partial charge is 0.163 e. The van der Waals surface area contributed by atoms with Gasteiger partial charge in [0.2, 0.25) is 0 Å². The lowest BCUT2D eigenvalue weighted by atomic mass is 9.76. The van der Waals surface area contributed by atoms with Gasteiger partial charge in [-0.25, -0.2) is 0 Å². The van der Waals surface area contributed by atoms with Crippen LogP contribution in [0.2, 0.25) is 0 Å². The third kappa shape index (κ3) is 2.91. The fourth-order valence-corrected chi connectivity index (χ4v) is 3.34. The van der Waals surface area contributed by atoms with E-state index in [2.05, 4.69) is 4.98 Å². The van der Waals surface area contributed by atoms with E-state index in [1.54, 1.807) is 24.4 Å². The second-order valence-corrected chi connectivity index (χ2v) is 5.96. The van der Waals surface area contributed by atoms with E-state index >= 15 is 0 Å². The molecule has 1 aromatic heterocycles. The Balaban J connectivity index is 2.20. The SMILES string of the molecule is O=C1CCCC(O)=C1C(C1=C(O)CCCC1=O)c1ccccn1. The Labute approximate surface area is 134 Å². The number of rotatable bonds is 3. The number of aliphatic hydroxyl groups excluding tert-OH is 2. The Morgan fingerprint density at radius 2 is 1.43 bits per heavy atom. The van der Waals surface area contributed by atoms with Gasteiger partial charge < -0.3 is 10.2 Å². The molecule has 3 rings (SSSR count). The second kappa shape index (κ2) is 6.36. The molecule has 5 heteroatoms. The fourth-order valence-electron chi connectivity index (χ4n) is 3.34. The molecule has 1 heterocycles. The topological polar surface area (TPSA) is 87.5 Å². The monoisotopic (exact) mass is 313 g/mol. The van der Waals surface area contributed by atoms with Crippen LogP contribution < -0.4 is 0 Å². The van der Waals surface area contributed by atoms with Crippen LogP contribution in [0.25, 0.3) is 0 Å². The molecule has 0 atom stereocenters. The molecule has 120 valence electrons. The molecular weight excluding hydrogens is 294 g/mol. The van der Waals surface area contributed by atoms with E-state index in [9.17, 15) is 19.8 Å². The van der Waals surface area contributed by atoms with Crippen LogP contribution in [-0.4, -0.2) is 26.8 Å². The van der Waals surface area contributed by atoms with Gasteiger partial charge in [-0.3, -0.25) is 14.6 Å². The predicted molar refractivity (Wildman–Crippen MR) is 84.0 cm³/mol. The minimum atomic E-state index is -0.781. The molecule has 0 saturated carbocycles. The Hall–Kier alpha value is -2.43. The second-order valence-electron chi connectivity index (χ2n) is 5.96. The maximum Gasteiger partial charge on any atom is 0.163 e. The van der Waals surface area contributed by atoms with Crippen molar-refractivity contribution in [1.29, 1.82) is 0 Å². The van der Waals surface area contributed by atoms with Crippen molar-refractivity contribution in [2.45, 2.75) is 44.4 Å². The van der Waals surface area contributed by atoms with Crippen molar-refractivity contribution < 1.29 is 19.8 Å². The molecular formula is C18H19NO4. The van der Waals surface area contributed by atoms with E-state index in [1.807, 2.05) is 0 Å². The van der Waals surface area contributed by atoms with Crippen molar-refractivity contribution in [3.05, 3.63) is 52.8 Å². The van der Waals surface area contributed by atoms with Crippen molar-refractivity contribution in [3.8, 4) is 0 Å². The van der Waals surface area contributed by atoms with Crippen LogP contribution in [0.5, 0.6) is 0 Å². The lowest BCUT2D eigenvalue weighted by Gasteiger charge is -2.27. The number of carbonyl (C=O) groups is 2. The van der Waals surface area contributed by atoms with Gasteiger partial charge in [0.25, 0.3) is 0 Å². The van der Waals surface area contributed by atoms with Crippen LogP contribution in [0.4, 0.5) is 0 Å². The number of nitrogens with zero attached hydrogens (tertiary/aromatic N) is 1. The molecule has 0 saturated heterocycles. The molecule has 0 amide bonds. The summed E-state index contributed by atoms with van der Waals surface area (Å²) in [6, 6.07) is 5.23. The maximum atomic E-state index is 12.4. The maximum absolute atomic E-state index is 12.4. The molecule has 2 aliphatic rings. The summed E-state index contributed by atoms with van der Waals surface area (Å²) in [4.78, 5) is 29.1. The number of aliphatic hydroxyl groups is 2. The first-order chi connectivity index (χ1) is 11.1. The highest BCUT2D eigenvalue weighted by atomic mass is 16.3. The molecule has 0 radical (unpaired) electrons. The van der Waals surface area contributed by atoms with Gasteiger partial charge in [-0.15, -0.1) is 0 Å². The zero-order valence-electron chi connectivity index (χ0n) is 12.8. The molecule has 0 spiro atoms. The summed E-state index contributed by atoms with van der Waals surface area (Å²) >= 11 is 0. The van der Waals surface area contributed by atoms with Crippen LogP contribution >= 0.6 is 0 Å². The first kappa shape index (κ1) is 15.5. The molecule has 2 aliphatic carbocycles. The van der Waals surface area contributed by atoms with Gasteiger partial charge in [0.15, 0.2) is 11.6 Å². The molecule has 0 fully saturated rings. The van der Waals surface area contributed by atoms with E-state index in [-0.39, 0.29) is 34.2 Å². The highest BCUT2D eigenvalue weighted by molar-refractivity contribution is 6.04. The van der Waals surface area contributed by atoms with Gasteiger partial charge in [-0.05, 0) is 25.0 Å². The fraction of sp³-hybridized carbons (Fsp3) is 0.389. The molecule has 0 bridgehead atoms. The highest BCUT2D eigenvalue weighted by Gasteiger charge is 2.37. The molecule has 0 aliphatic heterocycles. The van der Waals surface area contributed by atoms with Crippen LogP contribution in [-0.2, 0) is 9.59 Å². The Kier molecular flexibility index (Phi) is 4.28. The number of ketones is 2. The highest BCUT2D eigenvalue weighted by Crippen LogP contribution is 2.40. The first-order valence-corrected chi connectivity index (χ1v) is 7.91. The van der Waals surface area contributed by atoms with Gasteiger partial charge in [-0.2, -0.15) is 0 Å². The van der Waals surface area contributed by atoms with Crippen LogP contribution in [0, 0.1) is 0 Å². The number of carbonyl (C=O) groups excluding carboxylic acids is 2. The third-order valence-electron chi connectivity index (χ3n) is 4.42. The van der Waals surface area contributed by atoms with E-state index in [0.717, 1.165) is 0 Å². The Morgan fingerprint density at radius 1 is 0.870 bits per heavy atom. The van der Waals surface area contributed by atoms with Crippen LogP contribution in [0.3, 0.4) is 0 Å². The number of Topliss-reactive ketones (excluding diaryl/α,β-unsaturated/α-hetero) is 2. The number of pyridine rings is 1. The van der Waals surface area contributed by atoms with Gasteiger partial charge >= 0.3 is 0 Å². The minimum Gasteiger partial charge on any atom is -0.512 e. The average Bonchev–Trinajstić information content (AvgIpc) is 2.53. The van der Waals surface area contributed by atoms with Gasteiger partial charge in [-0.1, -0.05) is 6.07 Å². The number of hydrogen-bond donors (Lipinski definition) is 2. The van der Waals surface area contributed by atoms with E-state index in [0.29, 0.717) is 44.2 Å². The molecule has 1 aromatic rings. The largest absolute Gasteiger partial charge is 0.512 e. The van der Waals surface area contributed by atoms with E-state index in [1.165, 1.54) is 0 Å². The Bertz CT molecular complexity index is 661. The number of hydrogen-bond acceptors (Lipinski definition) is 5. The molecule has 0 unspecified atom stereocenters. The normalized spacial score (nSPS) is 19.7. The summed E-state index contributed by atoms with van der Waals surface area (Å²) in [5.74, 6) is -1.12. The lowest BCUT2D eigenvalue weighted by Crippen LogP contribution is -2.26. The Morgan fingerprint density at radius 3 is 1.87 bits per heavy atom. The van der Waals surface area contributed by atoms with E-state index < -0.39 is 5.92 Å². The summed E-state index contributed by atoms with van der Waals surface area (Å²) in [7, 11) is 0. The first-order valence-electron chi connectivity index (χ1n) is 7.91. The quantitative estimate of drug-likeness (QED) is 0.894. The standard InChI is InChI=1S/C18H19NO4/c20-12-6-3-7-13(21)17(12)16(11-5-1-2-10-19-11)18-14(22)8-4-9-15(18)23/h1-2,5,10,16,20,22H,3-4,6-9H2. The van der Waals surface area contributed by atoms with Crippen molar-refractivity contribution in [2.24, 2.45) is 0 Å². The van der Waals surface area contributed by atoms with Crippen molar-refractivity contribution in [2.75, 3.05) is 0 Å². The van der Waals surface area contributed by atoms with Crippen LogP contribution in [0.1, 0.15) is 50.1 Å². The summed E-state index contributed by atoms with van der Waals surface area (Å²) in [6.45, 7) is 0. The molecule has 23 heavy (non-hydrogen) atoms. The van der Waals surface area contributed by atoms with Crippen molar-refractivity contribution in [3.63, 3.8) is 0 Å². The average molecular weight is 313 g/mol. The summed E-state index contributed by atoms with van der Waals surface area (Å²) in [5.41, 5.74) is 0.930. The number of aromatic nitrogens is 1. The molecule has 5 nitrogen and oxygen atoms in total. The summed E-state index contributed by atoms with van der Waals surface area (Å²) in [5, 5.41) is 20.6. The van der Waals surface area contributed by atoms with Crippen LogP contribution in [0.15, 0.2) is 47.1 Å². The number of allylic oxidation sites excluding steroid dienone is 4. The van der Waals surface area contributed by atoms with Gasteiger partial charge in [0.1, 0.15) is 11.5 Å². The minimum absolute atomic E-state index is 0.00979. The van der Waals surface area contributed by atoms with E-state index in [4.69, 9.17) is 0 Å². The summed E-state index contributed by atoms with van der Waals surface area (Å²) < 4.78 is 0. The summed E-state index contributed by atoms with van der Waals surface area (Å²) in [6.07, 6.45) is 4.28. The molecule has 0 aromatic carbocycles. The third-order valence-corrected chi connectivity index (χ3v) is 4.42. The molecule has 2 N–H and O–H groups in total. The zero-order valence-corrected chi connectivity index (χ0v) is 12.8.